The molecule has 1 heterocycles. The van der Waals surface area contributed by atoms with Gasteiger partial charge in [-0.3, -0.25) is 0 Å². The summed E-state index contributed by atoms with van der Waals surface area (Å²) in [5.41, 5.74) is 0.684. The quantitative estimate of drug-likeness (QED) is 0.707. The molecule has 0 amide bonds. The second-order valence-electron chi connectivity index (χ2n) is 3.87. The molecule has 9 heteroatoms. The molecular formula is C12H8Cl5N3O. The van der Waals surface area contributed by atoms with E-state index in [-0.39, 0.29) is 11.6 Å². The van der Waals surface area contributed by atoms with Crippen LogP contribution in [0.15, 0.2) is 24.3 Å². The van der Waals surface area contributed by atoms with Crippen molar-refractivity contribution in [2.24, 2.45) is 0 Å². The molecular weight excluding hydrogens is 379 g/mol. The third kappa shape index (κ3) is 4.24. The van der Waals surface area contributed by atoms with Crippen molar-refractivity contribution in [1.82, 2.24) is 15.0 Å². The number of aromatic nitrogens is 3. The second kappa shape index (κ2) is 6.71. The number of rotatable bonds is 3. The van der Waals surface area contributed by atoms with Gasteiger partial charge in [0, 0.05) is 5.56 Å². The predicted molar refractivity (Wildman–Crippen MR) is 85.5 cm³/mol. The Bertz CT molecular complexity index is 628. The van der Waals surface area contributed by atoms with Crippen LogP contribution in [0.2, 0.25) is 0 Å². The van der Waals surface area contributed by atoms with Crippen molar-refractivity contribution >= 4 is 58.0 Å². The van der Waals surface area contributed by atoms with Gasteiger partial charge in [0.2, 0.25) is 3.79 Å². The highest BCUT2D eigenvalue weighted by Gasteiger charge is 2.29. The third-order valence-electron chi connectivity index (χ3n) is 2.45. The summed E-state index contributed by atoms with van der Waals surface area (Å²) in [4.78, 5) is 11.3. The Morgan fingerprint density at radius 2 is 1.62 bits per heavy atom. The SMILES string of the molecule is COc1ccc(-c2nc(C(Cl)Cl)nc(C(Cl)(Cl)Cl)n2)cc1. The van der Waals surface area contributed by atoms with Gasteiger partial charge in [0.25, 0.3) is 0 Å². The van der Waals surface area contributed by atoms with Crippen LogP contribution in [0.25, 0.3) is 11.4 Å². The minimum absolute atomic E-state index is 0.0466. The van der Waals surface area contributed by atoms with Crippen molar-refractivity contribution in [1.29, 1.82) is 0 Å². The van der Waals surface area contributed by atoms with Gasteiger partial charge in [-0.05, 0) is 24.3 Å². The smallest absolute Gasteiger partial charge is 0.250 e. The van der Waals surface area contributed by atoms with E-state index >= 15 is 0 Å². The Morgan fingerprint density at radius 3 is 2.10 bits per heavy atom. The highest BCUT2D eigenvalue weighted by Crippen LogP contribution is 2.37. The van der Waals surface area contributed by atoms with E-state index in [2.05, 4.69) is 15.0 Å². The molecule has 0 saturated heterocycles. The summed E-state index contributed by atoms with van der Waals surface area (Å²) in [7, 11) is 1.57. The fraction of sp³-hybridized carbons (Fsp3) is 0.250. The van der Waals surface area contributed by atoms with Crippen LogP contribution in [0.1, 0.15) is 16.5 Å². The van der Waals surface area contributed by atoms with Crippen molar-refractivity contribution < 1.29 is 4.74 Å². The number of ether oxygens (including phenoxy) is 1. The molecule has 0 aliphatic carbocycles. The zero-order valence-corrected chi connectivity index (χ0v) is 14.3. The van der Waals surface area contributed by atoms with E-state index in [0.29, 0.717) is 17.1 Å². The van der Waals surface area contributed by atoms with Gasteiger partial charge in [-0.25, -0.2) is 15.0 Å². The van der Waals surface area contributed by atoms with Crippen LogP contribution in [0.3, 0.4) is 0 Å². The topological polar surface area (TPSA) is 47.9 Å². The summed E-state index contributed by atoms with van der Waals surface area (Å²) in [5.74, 6) is 1.06. The molecule has 2 rings (SSSR count). The highest BCUT2D eigenvalue weighted by molar-refractivity contribution is 6.66. The predicted octanol–water partition coefficient (Wildman–Crippen LogP) is 4.85. The molecule has 0 spiro atoms. The molecule has 21 heavy (non-hydrogen) atoms. The van der Waals surface area contributed by atoms with Crippen molar-refractivity contribution in [2.75, 3.05) is 7.11 Å². The molecule has 0 N–H and O–H groups in total. The van der Waals surface area contributed by atoms with Gasteiger partial charge in [-0.1, -0.05) is 58.0 Å². The van der Waals surface area contributed by atoms with Gasteiger partial charge in [-0.2, -0.15) is 0 Å². The Kier molecular flexibility index (Phi) is 5.38. The summed E-state index contributed by atoms with van der Waals surface area (Å²) in [6.07, 6.45) is 0. The van der Waals surface area contributed by atoms with Crippen molar-refractivity contribution in [3.63, 3.8) is 0 Å². The summed E-state index contributed by atoms with van der Waals surface area (Å²) in [6.45, 7) is 0. The number of benzene rings is 1. The minimum atomic E-state index is -1.80. The summed E-state index contributed by atoms with van der Waals surface area (Å²) >= 11 is 29.0. The van der Waals surface area contributed by atoms with Crippen molar-refractivity contribution in [3.05, 3.63) is 35.9 Å². The van der Waals surface area contributed by atoms with Crippen LogP contribution in [-0.4, -0.2) is 22.1 Å². The number of methoxy groups -OCH3 is 1. The zero-order chi connectivity index (χ0) is 15.6. The Hall–Kier alpha value is -0.520. The first-order valence-electron chi connectivity index (χ1n) is 5.57. The average Bonchev–Trinajstić information content (AvgIpc) is 2.46. The van der Waals surface area contributed by atoms with E-state index < -0.39 is 8.63 Å². The number of hydrogen-bond donors (Lipinski definition) is 0. The van der Waals surface area contributed by atoms with E-state index in [1.807, 2.05) is 0 Å². The first-order valence-corrected chi connectivity index (χ1v) is 7.57. The zero-order valence-electron chi connectivity index (χ0n) is 10.5. The lowest BCUT2D eigenvalue weighted by Crippen LogP contribution is -2.12. The maximum atomic E-state index is 5.81. The molecule has 0 atom stereocenters. The fourth-order valence-electron chi connectivity index (χ4n) is 1.49. The van der Waals surface area contributed by atoms with E-state index in [0.717, 1.165) is 0 Å². The monoisotopic (exact) mass is 385 g/mol. The molecule has 0 bridgehead atoms. The van der Waals surface area contributed by atoms with E-state index in [1.165, 1.54) is 0 Å². The second-order valence-corrected chi connectivity index (χ2v) is 7.25. The lowest BCUT2D eigenvalue weighted by atomic mass is 10.2. The van der Waals surface area contributed by atoms with Crippen molar-refractivity contribution in [3.8, 4) is 17.1 Å². The molecule has 0 aliphatic rings. The van der Waals surface area contributed by atoms with Gasteiger partial charge in [0.15, 0.2) is 22.3 Å². The number of nitrogens with zero attached hydrogens (tertiary/aromatic N) is 3. The number of halogens is 5. The molecule has 0 radical (unpaired) electrons. The normalized spacial score (nSPS) is 11.8. The van der Waals surface area contributed by atoms with E-state index in [9.17, 15) is 0 Å². The Morgan fingerprint density at radius 1 is 1.00 bits per heavy atom. The Labute approximate surface area is 146 Å². The molecule has 0 aliphatic heterocycles. The largest absolute Gasteiger partial charge is 0.497 e. The van der Waals surface area contributed by atoms with E-state index in [4.69, 9.17) is 62.7 Å². The standard InChI is InChI=1S/C12H8Cl5N3O/c1-21-7-4-2-6(3-5-7)9-18-10(8(13)14)20-11(19-9)12(15,16)17/h2-5,8H,1H3. The molecule has 0 saturated carbocycles. The fourth-order valence-corrected chi connectivity index (χ4v) is 1.93. The Balaban J connectivity index is 2.53. The third-order valence-corrected chi connectivity index (χ3v) is 3.35. The van der Waals surface area contributed by atoms with Gasteiger partial charge in [0.05, 0.1) is 7.11 Å². The molecule has 0 fully saturated rings. The van der Waals surface area contributed by atoms with Crippen LogP contribution < -0.4 is 4.74 Å². The maximum Gasteiger partial charge on any atom is 0.250 e. The van der Waals surface area contributed by atoms with Gasteiger partial charge < -0.3 is 4.74 Å². The lowest BCUT2D eigenvalue weighted by molar-refractivity contribution is 0.415. The summed E-state index contributed by atoms with van der Waals surface area (Å²) < 4.78 is 3.28. The molecule has 1 aromatic carbocycles. The van der Waals surface area contributed by atoms with Crippen LogP contribution in [-0.2, 0) is 3.79 Å². The molecule has 0 unspecified atom stereocenters. The van der Waals surface area contributed by atoms with Gasteiger partial charge in [0.1, 0.15) is 5.75 Å². The highest BCUT2D eigenvalue weighted by atomic mass is 35.6. The summed E-state index contributed by atoms with van der Waals surface area (Å²) in [5, 5.41) is 0. The molecule has 112 valence electrons. The molecule has 2 aromatic rings. The minimum Gasteiger partial charge on any atom is -0.497 e. The van der Waals surface area contributed by atoms with E-state index in [1.54, 1.807) is 31.4 Å². The first kappa shape index (κ1) is 16.8. The number of hydrogen-bond acceptors (Lipinski definition) is 4. The molecule has 1 aromatic heterocycles. The van der Waals surface area contributed by atoms with Gasteiger partial charge in [-0.15, -0.1) is 0 Å². The van der Waals surface area contributed by atoms with Crippen LogP contribution in [0, 0.1) is 0 Å². The number of alkyl halides is 5. The first-order chi connectivity index (χ1) is 9.81. The summed E-state index contributed by atoms with van der Waals surface area (Å²) in [6, 6.07) is 7.04. The van der Waals surface area contributed by atoms with Gasteiger partial charge >= 0.3 is 0 Å². The maximum absolute atomic E-state index is 5.81. The molecule has 4 nitrogen and oxygen atoms in total. The van der Waals surface area contributed by atoms with Crippen LogP contribution >= 0.6 is 58.0 Å². The average molecular weight is 387 g/mol. The lowest BCUT2D eigenvalue weighted by Gasteiger charge is -2.12. The van der Waals surface area contributed by atoms with Crippen molar-refractivity contribution in [2.45, 2.75) is 8.63 Å². The van der Waals surface area contributed by atoms with Crippen LogP contribution in [0.5, 0.6) is 5.75 Å². The van der Waals surface area contributed by atoms with Crippen LogP contribution in [0.4, 0.5) is 0 Å².